The number of benzene rings is 8. The van der Waals surface area contributed by atoms with E-state index in [0.717, 1.165) is 0 Å². The summed E-state index contributed by atoms with van der Waals surface area (Å²) >= 11 is 3.83. The van der Waals surface area contributed by atoms with Gasteiger partial charge in [0.05, 0.1) is 0 Å². The molecule has 48 heavy (non-hydrogen) atoms. The van der Waals surface area contributed by atoms with E-state index in [0.29, 0.717) is 0 Å². The van der Waals surface area contributed by atoms with E-state index in [9.17, 15) is 0 Å². The quantitative estimate of drug-likeness (QED) is 0.167. The summed E-state index contributed by atoms with van der Waals surface area (Å²) in [5, 5.41) is 10.3. The lowest BCUT2D eigenvalue weighted by atomic mass is 9.85. The van der Waals surface area contributed by atoms with Crippen molar-refractivity contribution in [1.29, 1.82) is 0 Å². The van der Waals surface area contributed by atoms with Crippen molar-refractivity contribution in [3.8, 4) is 43.1 Å². The van der Waals surface area contributed by atoms with Gasteiger partial charge in [0, 0.05) is 52.2 Å². The van der Waals surface area contributed by atoms with Gasteiger partial charge >= 0.3 is 0 Å². The van der Waals surface area contributed by atoms with Crippen LogP contribution < -0.4 is 0 Å². The van der Waals surface area contributed by atoms with Crippen molar-refractivity contribution in [3.63, 3.8) is 0 Å². The third-order valence-corrected chi connectivity index (χ3v) is 12.0. The highest BCUT2D eigenvalue weighted by Crippen LogP contribution is 2.54. The molecule has 0 amide bonds. The Balaban J connectivity index is 1.42. The molecule has 224 valence electrons. The van der Waals surface area contributed by atoms with Gasteiger partial charge in [-0.3, -0.25) is 0 Å². The maximum absolute atomic E-state index is 2.45. The fraction of sp³-hybridized carbons (Fsp3) is 0. The zero-order valence-electron chi connectivity index (χ0n) is 26.0. The number of hydrogen-bond acceptors (Lipinski definition) is 2. The number of fused-ring (bicyclic) bond motifs is 5. The van der Waals surface area contributed by atoms with Gasteiger partial charge in [-0.25, -0.2) is 0 Å². The summed E-state index contributed by atoms with van der Waals surface area (Å²) in [6.45, 7) is 0. The van der Waals surface area contributed by atoms with Crippen LogP contribution in [0.1, 0.15) is 0 Å². The molecular weight excluding hydrogens is 617 g/mol. The van der Waals surface area contributed by atoms with E-state index in [1.54, 1.807) is 0 Å². The highest BCUT2D eigenvalue weighted by molar-refractivity contribution is 7.23. The maximum Gasteiger partial charge on any atom is 0.0446 e. The molecule has 0 aliphatic carbocycles. The second-order valence-corrected chi connectivity index (χ2v) is 14.5. The molecule has 2 heteroatoms. The van der Waals surface area contributed by atoms with E-state index < -0.39 is 0 Å². The van der Waals surface area contributed by atoms with Crippen LogP contribution in [0, 0.1) is 0 Å². The average Bonchev–Trinajstić information content (AvgIpc) is 3.72. The fourth-order valence-electron chi connectivity index (χ4n) is 7.58. The van der Waals surface area contributed by atoms with Gasteiger partial charge in [0.15, 0.2) is 0 Å². The summed E-state index contributed by atoms with van der Waals surface area (Å²) in [7, 11) is 0. The van der Waals surface area contributed by atoms with Gasteiger partial charge in [-0.2, -0.15) is 0 Å². The minimum Gasteiger partial charge on any atom is -0.134 e. The molecule has 0 radical (unpaired) electrons. The summed E-state index contributed by atoms with van der Waals surface area (Å²) < 4.78 is 2.62. The lowest BCUT2D eigenvalue weighted by molar-refractivity contribution is 1.68. The molecule has 0 atom stereocenters. The Morgan fingerprint density at radius 3 is 1.06 bits per heavy atom. The van der Waals surface area contributed by atoms with Gasteiger partial charge in [-0.05, 0) is 67.7 Å². The number of hydrogen-bond donors (Lipinski definition) is 0. The van der Waals surface area contributed by atoms with Crippen molar-refractivity contribution < 1.29 is 0 Å². The predicted molar refractivity (Wildman–Crippen MR) is 211 cm³/mol. The largest absolute Gasteiger partial charge is 0.134 e. The van der Waals surface area contributed by atoms with Crippen LogP contribution in [0.15, 0.2) is 170 Å². The second kappa shape index (κ2) is 11.0. The first-order valence-electron chi connectivity index (χ1n) is 16.4. The molecular formula is C46H28S2. The monoisotopic (exact) mass is 644 g/mol. The van der Waals surface area contributed by atoms with Gasteiger partial charge in [0.1, 0.15) is 0 Å². The Labute approximate surface area is 286 Å². The third kappa shape index (κ3) is 4.20. The van der Waals surface area contributed by atoms with Crippen LogP contribution in [-0.4, -0.2) is 0 Å². The lowest BCUT2D eigenvalue weighted by Gasteiger charge is -2.19. The fourth-order valence-corrected chi connectivity index (χ4v) is 10.2. The van der Waals surface area contributed by atoms with Gasteiger partial charge < -0.3 is 0 Å². The number of rotatable bonds is 4. The van der Waals surface area contributed by atoms with E-state index in [2.05, 4.69) is 170 Å². The Morgan fingerprint density at radius 2 is 0.625 bits per heavy atom. The standard InChI is InChI=1S/C46H28S2/c1-3-15-29(16-4-1)41-35-23-11-13-25-39(35)47-45(41)43-33-21-9-10-22-34(33)44(38-28-32-20-8-7-19-31(32)27-37(38)43)46-42(30-17-5-2-6-18-30)36-24-12-14-26-40(36)48-46/h1-28H. The van der Waals surface area contributed by atoms with E-state index >= 15 is 0 Å². The number of thiophene rings is 2. The average molecular weight is 645 g/mol. The minimum atomic E-state index is 1.25. The van der Waals surface area contributed by atoms with Crippen molar-refractivity contribution in [2.45, 2.75) is 0 Å². The molecule has 0 aliphatic rings. The topological polar surface area (TPSA) is 0 Å². The van der Waals surface area contributed by atoms with Crippen LogP contribution in [0.3, 0.4) is 0 Å². The Kier molecular flexibility index (Phi) is 6.33. The summed E-state index contributed by atoms with van der Waals surface area (Å²) in [5.74, 6) is 0. The maximum atomic E-state index is 2.45. The van der Waals surface area contributed by atoms with E-state index in [-0.39, 0.29) is 0 Å². The zero-order chi connectivity index (χ0) is 31.6. The molecule has 0 N–H and O–H groups in total. The van der Waals surface area contributed by atoms with Crippen molar-refractivity contribution in [2.24, 2.45) is 0 Å². The predicted octanol–water partition coefficient (Wildman–Crippen LogP) is 14.2. The zero-order valence-corrected chi connectivity index (χ0v) is 27.6. The molecule has 0 saturated heterocycles. The van der Waals surface area contributed by atoms with Gasteiger partial charge in [0.25, 0.3) is 0 Å². The first-order valence-corrected chi connectivity index (χ1v) is 18.0. The van der Waals surface area contributed by atoms with Gasteiger partial charge in [-0.15, -0.1) is 22.7 Å². The molecule has 10 aromatic rings. The first-order chi connectivity index (χ1) is 23.8. The van der Waals surface area contributed by atoms with Crippen LogP contribution in [-0.2, 0) is 0 Å². The summed E-state index contributed by atoms with van der Waals surface area (Å²) in [4.78, 5) is 2.65. The van der Waals surface area contributed by atoms with Crippen LogP contribution >= 0.6 is 22.7 Å². The van der Waals surface area contributed by atoms with E-state index in [1.165, 1.54) is 95.6 Å². The van der Waals surface area contributed by atoms with Crippen molar-refractivity contribution >= 4 is 75.2 Å². The molecule has 0 unspecified atom stereocenters. The Morgan fingerprint density at radius 1 is 0.271 bits per heavy atom. The summed E-state index contributed by atoms with van der Waals surface area (Å²) in [6, 6.07) is 62.5. The summed E-state index contributed by atoms with van der Waals surface area (Å²) in [6.07, 6.45) is 0. The molecule has 2 heterocycles. The van der Waals surface area contributed by atoms with Crippen molar-refractivity contribution in [1.82, 2.24) is 0 Å². The molecule has 2 aromatic heterocycles. The highest BCUT2D eigenvalue weighted by Gasteiger charge is 2.25. The van der Waals surface area contributed by atoms with Crippen molar-refractivity contribution in [3.05, 3.63) is 170 Å². The molecule has 8 aromatic carbocycles. The molecule has 0 aliphatic heterocycles. The SMILES string of the molecule is c1ccc(-c2c(-c3c4ccccc4c(-c4sc5ccccc5c4-c4ccccc4)c4cc5ccccc5cc34)sc3ccccc23)cc1. The first kappa shape index (κ1) is 27.6. The molecule has 10 rings (SSSR count). The Bertz CT molecular complexity index is 2620. The van der Waals surface area contributed by atoms with Crippen LogP contribution in [0.25, 0.3) is 95.6 Å². The molecule has 0 nitrogen and oxygen atoms in total. The normalized spacial score (nSPS) is 11.8. The van der Waals surface area contributed by atoms with Crippen molar-refractivity contribution in [2.75, 3.05) is 0 Å². The summed E-state index contributed by atoms with van der Waals surface area (Å²) in [5.41, 5.74) is 7.77. The van der Waals surface area contributed by atoms with Gasteiger partial charge in [0.2, 0.25) is 0 Å². The molecule has 0 bridgehead atoms. The molecule has 0 saturated carbocycles. The van der Waals surface area contributed by atoms with E-state index in [4.69, 9.17) is 0 Å². The van der Waals surface area contributed by atoms with Crippen LogP contribution in [0.4, 0.5) is 0 Å². The van der Waals surface area contributed by atoms with Crippen LogP contribution in [0.2, 0.25) is 0 Å². The van der Waals surface area contributed by atoms with Gasteiger partial charge in [-0.1, -0.05) is 146 Å². The van der Waals surface area contributed by atoms with Crippen LogP contribution in [0.5, 0.6) is 0 Å². The molecule has 0 spiro atoms. The lowest BCUT2D eigenvalue weighted by Crippen LogP contribution is -1.91. The van der Waals surface area contributed by atoms with E-state index in [1.807, 2.05) is 22.7 Å². The smallest absolute Gasteiger partial charge is 0.0446 e. The molecule has 0 fully saturated rings. The third-order valence-electron chi connectivity index (χ3n) is 9.66. The highest BCUT2D eigenvalue weighted by atomic mass is 32.1. The second-order valence-electron chi connectivity index (χ2n) is 12.4. The Hall–Kier alpha value is -5.54. The minimum absolute atomic E-state index is 1.25.